The van der Waals surface area contributed by atoms with Gasteiger partial charge in [0.1, 0.15) is 12.4 Å². The number of aliphatic carboxylic acids is 1. The number of anilines is 1. The number of carboxylic acid groups (broad SMARTS) is 1. The first kappa shape index (κ1) is 19.5. The van der Waals surface area contributed by atoms with E-state index >= 15 is 0 Å². The van der Waals surface area contributed by atoms with Gasteiger partial charge >= 0.3 is 5.97 Å². The molecule has 5 heteroatoms. The summed E-state index contributed by atoms with van der Waals surface area (Å²) in [6, 6.07) is 16.9. The quantitative estimate of drug-likeness (QED) is 0.738. The summed E-state index contributed by atoms with van der Waals surface area (Å²) >= 11 is 0. The van der Waals surface area contributed by atoms with E-state index in [1.807, 2.05) is 30.3 Å². The fraction of sp³-hybridized carbons (Fsp3) is 0.333. The highest BCUT2D eigenvalue weighted by Crippen LogP contribution is 2.31. The number of amides is 1. The molecule has 2 rings (SSSR count). The Hall–Kier alpha value is -2.82. The van der Waals surface area contributed by atoms with E-state index in [4.69, 9.17) is 4.74 Å². The number of ether oxygens (including phenoxy) is 1. The molecule has 26 heavy (non-hydrogen) atoms. The summed E-state index contributed by atoms with van der Waals surface area (Å²) in [6.45, 7) is 5.68. The number of hydrogen-bond donors (Lipinski definition) is 2. The van der Waals surface area contributed by atoms with Gasteiger partial charge in [-0.15, -0.1) is 0 Å². The lowest BCUT2D eigenvalue weighted by Gasteiger charge is -2.28. The Labute approximate surface area is 154 Å². The molecule has 0 aliphatic heterocycles. The van der Waals surface area contributed by atoms with Crippen molar-refractivity contribution in [2.24, 2.45) is 11.3 Å². The van der Waals surface area contributed by atoms with Crippen LogP contribution in [-0.4, -0.2) is 17.0 Å². The Morgan fingerprint density at radius 1 is 1.08 bits per heavy atom. The second kappa shape index (κ2) is 8.52. The molecule has 0 spiro atoms. The normalized spacial score (nSPS) is 13.1. The molecule has 138 valence electrons. The van der Waals surface area contributed by atoms with Crippen LogP contribution in [0.25, 0.3) is 0 Å². The van der Waals surface area contributed by atoms with E-state index in [-0.39, 0.29) is 18.2 Å². The van der Waals surface area contributed by atoms with Crippen molar-refractivity contribution >= 4 is 17.6 Å². The highest BCUT2D eigenvalue weighted by Gasteiger charge is 2.38. The molecule has 0 aliphatic carbocycles. The topological polar surface area (TPSA) is 75.6 Å². The van der Waals surface area contributed by atoms with Gasteiger partial charge in [0.2, 0.25) is 5.91 Å². The van der Waals surface area contributed by atoms with Gasteiger partial charge in [0.15, 0.2) is 0 Å². The number of carbonyl (C=O) groups excluding carboxylic acids is 1. The number of carbonyl (C=O) groups is 2. The minimum atomic E-state index is -1.09. The highest BCUT2D eigenvalue weighted by atomic mass is 16.5. The Morgan fingerprint density at radius 2 is 1.69 bits per heavy atom. The average Bonchev–Trinajstić information content (AvgIpc) is 2.61. The standard InChI is InChI=1S/C21H25NO4/c1-15(2)21(3,20(24)25)13-19(23)22-17-9-11-18(12-10-17)26-14-16-7-5-4-6-8-16/h4-12,15H,13-14H2,1-3H3,(H,22,23)(H,24,25). The maximum Gasteiger partial charge on any atom is 0.310 e. The lowest BCUT2D eigenvalue weighted by molar-refractivity contribution is -0.153. The van der Waals surface area contributed by atoms with Gasteiger partial charge in [0.05, 0.1) is 5.41 Å². The third kappa shape index (κ3) is 5.09. The maximum atomic E-state index is 12.2. The maximum absolute atomic E-state index is 12.2. The third-order valence-electron chi connectivity index (χ3n) is 4.68. The first-order valence-corrected chi connectivity index (χ1v) is 8.61. The van der Waals surface area contributed by atoms with Gasteiger partial charge in [-0.2, -0.15) is 0 Å². The fourth-order valence-electron chi connectivity index (χ4n) is 2.44. The summed E-state index contributed by atoms with van der Waals surface area (Å²) in [5.41, 5.74) is 0.591. The van der Waals surface area contributed by atoms with Crippen LogP contribution >= 0.6 is 0 Å². The molecule has 0 saturated heterocycles. The second-order valence-corrected chi connectivity index (χ2v) is 6.90. The smallest absolute Gasteiger partial charge is 0.310 e. The molecule has 1 atom stereocenters. The van der Waals surface area contributed by atoms with Crippen LogP contribution in [-0.2, 0) is 16.2 Å². The minimum absolute atomic E-state index is 0.0771. The van der Waals surface area contributed by atoms with Crippen LogP contribution in [0.5, 0.6) is 5.75 Å². The molecule has 0 aliphatic rings. The molecule has 0 radical (unpaired) electrons. The molecule has 0 heterocycles. The molecule has 2 aromatic carbocycles. The van der Waals surface area contributed by atoms with Gasteiger partial charge in [-0.3, -0.25) is 9.59 Å². The molecular formula is C21H25NO4. The van der Waals surface area contributed by atoms with Crippen LogP contribution in [0.4, 0.5) is 5.69 Å². The zero-order valence-electron chi connectivity index (χ0n) is 15.4. The first-order chi connectivity index (χ1) is 12.3. The molecule has 0 aromatic heterocycles. The van der Waals surface area contributed by atoms with Crippen molar-refractivity contribution in [2.75, 3.05) is 5.32 Å². The van der Waals surface area contributed by atoms with Crippen LogP contribution in [0, 0.1) is 11.3 Å². The second-order valence-electron chi connectivity index (χ2n) is 6.90. The zero-order valence-corrected chi connectivity index (χ0v) is 15.4. The van der Waals surface area contributed by atoms with Gasteiger partial charge in [0, 0.05) is 12.1 Å². The molecule has 0 bridgehead atoms. The molecule has 0 saturated carbocycles. The molecule has 1 unspecified atom stereocenters. The van der Waals surface area contributed by atoms with Gasteiger partial charge in [-0.05, 0) is 42.7 Å². The van der Waals surface area contributed by atoms with Crippen molar-refractivity contribution in [3.63, 3.8) is 0 Å². The van der Waals surface area contributed by atoms with Crippen molar-refractivity contribution in [2.45, 2.75) is 33.8 Å². The zero-order chi connectivity index (χ0) is 19.2. The van der Waals surface area contributed by atoms with E-state index in [9.17, 15) is 14.7 Å². The van der Waals surface area contributed by atoms with Gasteiger partial charge in [-0.25, -0.2) is 0 Å². The number of hydrogen-bond acceptors (Lipinski definition) is 3. The van der Waals surface area contributed by atoms with E-state index < -0.39 is 11.4 Å². The Morgan fingerprint density at radius 3 is 2.23 bits per heavy atom. The highest BCUT2D eigenvalue weighted by molar-refractivity contribution is 5.94. The number of rotatable bonds is 8. The first-order valence-electron chi connectivity index (χ1n) is 8.61. The predicted octanol–water partition coefficient (Wildman–Crippen LogP) is 4.34. The SMILES string of the molecule is CC(C)C(C)(CC(=O)Nc1ccc(OCc2ccccc2)cc1)C(=O)O. The van der Waals surface area contributed by atoms with Crippen molar-refractivity contribution in [1.82, 2.24) is 0 Å². The molecule has 5 nitrogen and oxygen atoms in total. The van der Waals surface area contributed by atoms with Crippen LogP contribution in [0.2, 0.25) is 0 Å². The number of carboxylic acids is 1. The van der Waals surface area contributed by atoms with E-state index in [1.54, 1.807) is 45.0 Å². The van der Waals surface area contributed by atoms with E-state index in [0.717, 1.165) is 5.56 Å². The van der Waals surface area contributed by atoms with Crippen LogP contribution < -0.4 is 10.1 Å². The lowest BCUT2D eigenvalue weighted by atomic mass is 9.76. The third-order valence-corrected chi connectivity index (χ3v) is 4.68. The minimum Gasteiger partial charge on any atom is -0.489 e. The van der Waals surface area contributed by atoms with Crippen molar-refractivity contribution in [3.8, 4) is 5.75 Å². The summed E-state index contributed by atoms with van der Waals surface area (Å²) in [5, 5.41) is 12.2. The Balaban J connectivity index is 1.92. The summed E-state index contributed by atoms with van der Waals surface area (Å²) in [5.74, 6) is -0.738. The van der Waals surface area contributed by atoms with Gasteiger partial charge in [0.25, 0.3) is 0 Å². The van der Waals surface area contributed by atoms with Gasteiger partial charge in [-0.1, -0.05) is 44.2 Å². The van der Waals surface area contributed by atoms with Crippen LogP contribution in [0.15, 0.2) is 54.6 Å². The molecular weight excluding hydrogens is 330 g/mol. The summed E-state index contributed by atoms with van der Waals surface area (Å²) in [6.07, 6.45) is -0.0771. The molecule has 1 amide bonds. The van der Waals surface area contributed by atoms with E-state index in [0.29, 0.717) is 18.0 Å². The van der Waals surface area contributed by atoms with Crippen LogP contribution in [0.3, 0.4) is 0 Å². The number of benzene rings is 2. The van der Waals surface area contributed by atoms with Crippen LogP contribution in [0.1, 0.15) is 32.8 Å². The summed E-state index contributed by atoms with van der Waals surface area (Å²) in [4.78, 5) is 23.7. The Kier molecular flexibility index (Phi) is 6.39. The van der Waals surface area contributed by atoms with E-state index in [2.05, 4.69) is 5.32 Å². The van der Waals surface area contributed by atoms with Crippen molar-refractivity contribution < 1.29 is 19.4 Å². The monoisotopic (exact) mass is 355 g/mol. The van der Waals surface area contributed by atoms with E-state index in [1.165, 1.54) is 0 Å². The van der Waals surface area contributed by atoms with Crippen molar-refractivity contribution in [1.29, 1.82) is 0 Å². The average molecular weight is 355 g/mol. The summed E-state index contributed by atoms with van der Waals surface area (Å²) in [7, 11) is 0. The predicted molar refractivity (Wildman–Crippen MR) is 101 cm³/mol. The molecule has 2 aromatic rings. The molecule has 0 fully saturated rings. The Bertz CT molecular complexity index is 740. The summed E-state index contributed by atoms with van der Waals surface area (Å²) < 4.78 is 5.71. The largest absolute Gasteiger partial charge is 0.489 e. The van der Waals surface area contributed by atoms with Gasteiger partial charge < -0.3 is 15.2 Å². The van der Waals surface area contributed by atoms with Crippen molar-refractivity contribution in [3.05, 3.63) is 60.2 Å². The molecule has 2 N–H and O–H groups in total. The lowest BCUT2D eigenvalue weighted by Crippen LogP contribution is -2.37. The number of nitrogens with one attached hydrogen (secondary N) is 1. The fourth-order valence-corrected chi connectivity index (χ4v) is 2.44.